The zero-order valence-corrected chi connectivity index (χ0v) is 26.2. The van der Waals surface area contributed by atoms with E-state index < -0.39 is 12.0 Å². The number of likely N-dealkylation sites (tertiary alicyclic amines) is 1. The summed E-state index contributed by atoms with van der Waals surface area (Å²) in [4.78, 5) is 37.0. The standard InChI is InChI=1S/C34H64N2O4/c1-2-3-4-5-6-7-8-9-10-11-12-13-14-15-16-17-18-19-20-21-22-23-26-30-29-32(37)36(33(30)38)28-25-24-27-31(35)34(39)40/h30-31H,2-29,35H2,1H3,(H,39,40). The number of hydrogen-bond donors (Lipinski definition) is 2. The normalized spacial score (nSPS) is 16.2. The predicted molar refractivity (Wildman–Crippen MR) is 166 cm³/mol. The van der Waals surface area contributed by atoms with Crippen molar-refractivity contribution in [1.29, 1.82) is 0 Å². The van der Waals surface area contributed by atoms with Crippen molar-refractivity contribution in [2.45, 2.75) is 186 Å². The number of aliphatic carboxylic acids is 1. The van der Waals surface area contributed by atoms with Crippen LogP contribution in [0.3, 0.4) is 0 Å². The Bertz CT molecular complexity index is 654. The zero-order valence-electron chi connectivity index (χ0n) is 26.2. The van der Waals surface area contributed by atoms with Gasteiger partial charge in [0.15, 0.2) is 0 Å². The van der Waals surface area contributed by atoms with Gasteiger partial charge in [-0.1, -0.05) is 148 Å². The highest BCUT2D eigenvalue weighted by molar-refractivity contribution is 6.03. The molecule has 2 amide bonds. The second-order valence-corrected chi connectivity index (χ2v) is 12.4. The van der Waals surface area contributed by atoms with Crippen LogP contribution in [-0.2, 0) is 14.4 Å². The summed E-state index contributed by atoms with van der Waals surface area (Å²) in [5.41, 5.74) is 5.51. The van der Waals surface area contributed by atoms with Crippen LogP contribution in [0, 0.1) is 5.92 Å². The molecule has 0 aromatic heterocycles. The molecule has 1 heterocycles. The Labute approximate surface area is 246 Å². The van der Waals surface area contributed by atoms with Crippen LogP contribution in [0.1, 0.15) is 180 Å². The molecule has 1 rings (SSSR count). The number of hydrogen-bond acceptors (Lipinski definition) is 4. The van der Waals surface area contributed by atoms with Crippen molar-refractivity contribution in [3.63, 3.8) is 0 Å². The van der Waals surface area contributed by atoms with Crippen molar-refractivity contribution in [2.75, 3.05) is 6.54 Å². The zero-order chi connectivity index (χ0) is 29.3. The van der Waals surface area contributed by atoms with Gasteiger partial charge in [0.2, 0.25) is 11.8 Å². The summed E-state index contributed by atoms with van der Waals surface area (Å²) in [7, 11) is 0. The number of unbranched alkanes of at least 4 members (excludes halogenated alkanes) is 22. The van der Waals surface area contributed by atoms with Gasteiger partial charge in [-0.25, -0.2) is 0 Å². The molecule has 1 aliphatic rings. The van der Waals surface area contributed by atoms with Crippen LogP contribution in [0.25, 0.3) is 0 Å². The molecule has 234 valence electrons. The van der Waals surface area contributed by atoms with Crippen molar-refractivity contribution >= 4 is 17.8 Å². The van der Waals surface area contributed by atoms with Crippen LogP contribution >= 0.6 is 0 Å². The van der Waals surface area contributed by atoms with E-state index in [1.165, 1.54) is 133 Å². The Hall–Kier alpha value is -1.43. The van der Waals surface area contributed by atoms with Gasteiger partial charge in [0.1, 0.15) is 6.04 Å². The van der Waals surface area contributed by atoms with Crippen molar-refractivity contribution < 1.29 is 19.5 Å². The van der Waals surface area contributed by atoms with Gasteiger partial charge < -0.3 is 10.8 Å². The van der Waals surface area contributed by atoms with Crippen molar-refractivity contribution in [3.05, 3.63) is 0 Å². The summed E-state index contributed by atoms with van der Waals surface area (Å²) in [5, 5.41) is 8.83. The Kier molecular flexibility index (Phi) is 23.1. The number of rotatable bonds is 29. The molecule has 0 aromatic carbocycles. The number of carboxylic acid groups (broad SMARTS) is 1. The number of imide groups is 1. The lowest BCUT2D eigenvalue weighted by atomic mass is 9.98. The largest absolute Gasteiger partial charge is 0.480 e. The molecule has 1 saturated heterocycles. The van der Waals surface area contributed by atoms with Crippen molar-refractivity contribution in [2.24, 2.45) is 11.7 Å². The average molecular weight is 565 g/mol. The molecule has 6 heteroatoms. The summed E-state index contributed by atoms with van der Waals surface area (Å²) in [5.74, 6) is -1.26. The monoisotopic (exact) mass is 564 g/mol. The predicted octanol–water partition coefficient (Wildman–Crippen LogP) is 8.94. The number of carboxylic acids is 1. The molecule has 1 fully saturated rings. The van der Waals surface area contributed by atoms with E-state index in [4.69, 9.17) is 10.8 Å². The Morgan fingerprint density at radius 2 is 1.10 bits per heavy atom. The van der Waals surface area contributed by atoms with E-state index in [1.54, 1.807) is 0 Å². The molecule has 0 saturated carbocycles. The lowest BCUT2D eigenvalue weighted by molar-refractivity contribution is -0.140. The highest BCUT2D eigenvalue weighted by atomic mass is 16.4. The number of carbonyl (C=O) groups is 3. The molecule has 0 aliphatic carbocycles. The van der Waals surface area contributed by atoms with E-state index in [1.807, 2.05) is 0 Å². The van der Waals surface area contributed by atoms with Crippen LogP contribution < -0.4 is 5.73 Å². The molecule has 40 heavy (non-hydrogen) atoms. The minimum Gasteiger partial charge on any atom is -0.480 e. The first-order valence-electron chi connectivity index (χ1n) is 17.3. The topological polar surface area (TPSA) is 101 Å². The maximum absolute atomic E-state index is 12.6. The molecule has 0 aromatic rings. The van der Waals surface area contributed by atoms with E-state index in [2.05, 4.69) is 6.92 Å². The first kappa shape index (κ1) is 36.6. The summed E-state index contributed by atoms with van der Waals surface area (Å²) in [6, 6.07) is -0.869. The fraction of sp³-hybridized carbons (Fsp3) is 0.912. The first-order valence-corrected chi connectivity index (χ1v) is 17.3. The second-order valence-electron chi connectivity index (χ2n) is 12.4. The summed E-state index contributed by atoms with van der Waals surface area (Å²) < 4.78 is 0. The van der Waals surface area contributed by atoms with Gasteiger partial charge in [-0.15, -0.1) is 0 Å². The molecular formula is C34H64N2O4. The number of nitrogens with zero attached hydrogens (tertiary/aromatic N) is 1. The highest BCUT2D eigenvalue weighted by Crippen LogP contribution is 2.26. The van der Waals surface area contributed by atoms with Crippen LogP contribution in [0.4, 0.5) is 0 Å². The van der Waals surface area contributed by atoms with Gasteiger partial charge in [0, 0.05) is 18.9 Å². The molecule has 3 N–H and O–H groups in total. The van der Waals surface area contributed by atoms with Crippen LogP contribution in [0.5, 0.6) is 0 Å². The van der Waals surface area contributed by atoms with Gasteiger partial charge in [0.25, 0.3) is 0 Å². The quantitative estimate of drug-likeness (QED) is 0.0697. The Balaban J connectivity index is 1.84. The van der Waals surface area contributed by atoms with E-state index in [0.717, 1.165) is 19.3 Å². The lowest BCUT2D eigenvalue weighted by Crippen LogP contribution is -2.33. The fourth-order valence-corrected chi connectivity index (χ4v) is 5.97. The lowest BCUT2D eigenvalue weighted by Gasteiger charge is -2.15. The summed E-state index contributed by atoms with van der Waals surface area (Å²) in [6.07, 6.45) is 32.8. The fourth-order valence-electron chi connectivity index (χ4n) is 5.97. The van der Waals surface area contributed by atoms with E-state index in [-0.39, 0.29) is 17.7 Å². The maximum Gasteiger partial charge on any atom is 0.320 e. The summed E-state index contributed by atoms with van der Waals surface area (Å²) in [6.45, 7) is 2.67. The van der Waals surface area contributed by atoms with Crippen LogP contribution in [0.2, 0.25) is 0 Å². The molecule has 0 spiro atoms. The van der Waals surface area contributed by atoms with E-state index >= 15 is 0 Å². The van der Waals surface area contributed by atoms with Gasteiger partial charge in [-0.3, -0.25) is 19.3 Å². The maximum atomic E-state index is 12.6. The number of carbonyl (C=O) groups excluding carboxylic acids is 2. The molecule has 2 unspecified atom stereocenters. The third-order valence-electron chi connectivity index (χ3n) is 8.71. The van der Waals surface area contributed by atoms with Crippen LogP contribution in [-0.4, -0.2) is 40.4 Å². The van der Waals surface area contributed by atoms with Gasteiger partial charge in [-0.05, 0) is 25.7 Å². The second kappa shape index (κ2) is 25.3. The Morgan fingerprint density at radius 3 is 1.50 bits per heavy atom. The first-order chi connectivity index (χ1) is 19.5. The minimum atomic E-state index is -1.01. The Morgan fingerprint density at radius 1 is 0.700 bits per heavy atom. The van der Waals surface area contributed by atoms with Gasteiger partial charge in [0.05, 0.1) is 0 Å². The molecular weight excluding hydrogens is 500 g/mol. The third kappa shape index (κ3) is 18.8. The van der Waals surface area contributed by atoms with Crippen molar-refractivity contribution in [3.8, 4) is 0 Å². The smallest absolute Gasteiger partial charge is 0.320 e. The van der Waals surface area contributed by atoms with E-state index in [9.17, 15) is 14.4 Å². The SMILES string of the molecule is CCCCCCCCCCCCCCCCCCCCCCCCC1CC(=O)N(CCCCC(N)C(=O)O)C1=O. The third-order valence-corrected chi connectivity index (χ3v) is 8.71. The van der Waals surface area contributed by atoms with Crippen molar-refractivity contribution in [1.82, 2.24) is 4.90 Å². The highest BCUT2D eigenvalue weighted by Gasteiger charge is 2.37. The summed E-state index contributed by atoms with van der Waals surface area (Å²) >= 11 is 0. The molecule has 2 atom stereocenters. The number of amides is 2. The van der Waals surface area contributed by atoms with Crippen LogP contribution in [0.15, 0.2) is 0 Å². The van der Waals surface area contributed by atoms with E-state index in [0.29, 0.717) is 32.2 Å². The molecule has 6 nitrogen and oxygen atoms in total. The molecule has 0 bridgehead atoms. The molecule has 1 aliphatic heterocycles. The van der Waals surface area contributed by atoms with Gasteiger partial charge in [-0.2, -0.15) is 0 Å². The van der Waals surface area contributed by atoms with Gasteiger partial charge >= 0.3 is 5.97 Å². The minimum absolute atomic E-state index is 0.0315. The average Bonchev–Trinajstić information content (AvgIpc) is 3.21. The molecule has 0 radical (unpaired) electrons. The number of nitrogens with two attached hydrogens (primary N) is 1.